The van der Waals surface area contributed by atoms with Gasteiger partial charge >= 0.3 is 0 Å². The van der Waals surface area contributed by atoms with Crippen molar-refractivity contribution in [3.63, 3.8) is 0 Å². The maximum Gasteiger partial charge on any atom is 0.271 e. The fourth-order valence-electron chi connectivity index (χ4n) is 3.43. The van der Waals surface area contributed by atoms with Gasteiger partial charge in [-0.1, -0.05) is 25.1 Å². The van der Waals surface area contributed by atoms with Crippen LogP contribution in [0.25, 0.3) is 0 Å². The predicted octanol–water partition coefficient (Wildman–Crippen LogP) is 1.92. The van der Waals surface area contributed by atoms with Gasteiger partial charge in [-0.15, -0.1) is 0 Å². The van der Waals surface area contributed by atoms with Crippen LogP contribution in [0.15, 0.2) is 48.5 Å². The van der Waals surface area contributed by atoms with E-state index in [0.717, 1.165) is 16.6 Å². The Bertz CT molecular complexity index is 1150. The van der Waals surface area contributed by atoms with E-state index in [4.69, 9.17) is 4.74 Å². The zero-order chi connectivity index (χ0) is 25.5. The summed E-state index contributed by atoms with van der Waals surface area (Å²) < 4.78 is 31.1. The van der Waals surface area contributed by atoms with Gasteiger partial charge in [-0.05, 0) is 30.2 Å². The second kappa shape index (κ2) is 11.5. The van der Waals surface area contributed by atoms with Crippen LogP contribution >= 0.6 is 0 Å². The van der Waals surface area contributed by atoms with E-state index in [1.54, 1.807) is 31.2 Å². The third-order valence-electron chi connectivity index (χ3n) is 5.13. The van der Waals surface area contributed by atoms with Gasteiger partial charge in [-0.2, -0.15) is 0 Å². The Morgan fingerprint density at radius 2 is 1.85 bits per heavy atom. The number of nitro groups is 1. The summed E-state index contributed by atoms with van der Waals surface area (Å²) in [4.78, 5) is 37.8. The fourth-order valence-corrected chi connectivity index (χ4v) is 4.27. The Morgan fingerprint density at radius 3 is 2.41 bits per heavy atom. The van der Waals surface area contributed by atoms with E-state index in [2.05, 4.69) is 5.32 Å². The molecule has 184 valence electrons. The van der Waals surface area contributed by atoms with E-state index in [0.29, 0.717) is 11.3 Å². The van der Waals surface area contributed by atoms with Crippen molar-refractivity contribution in [3.8, 4) is 5.75 Å². The number of amides is 2. The molecule has 0 unspecified atom stereocenters. The average molecular weight is 493 g/mol. The van der Waals surface area contributed by atoms with Gasteiger partial charge in [0.2, 0.25) is 21.8 Å². The van der Waals surface area contributed by atoms with Crippen molar-refractivity contribution in [1.82, 2.24) is 10.2 Å². The van der Waals surface area contributed by atoms with Crippen molar-refractivity contribution in [2.75, 3.05) is 31.3 Å². The summed E-state index contributed by atoms with van der Waals surface area (Å²) in [6, 6.07) is 11.1. The van der Waals surface area contributed by atoms with Gasteiger partial charge in [0.15, 0.2) is 0 Å². The van der Waals surface area contributed by atoms with E-state index >= 15 is 0 Å². The normalized spacial score (nSPS) is 11.9. The van der Waals surface area contributed by atoms with Crippen molar-refractivity contribution < 1.29 is 27.7 Å². The summed E-state index contributed by atoms with van der Waals surface area (Å²) in [7, 11) is -1.03. The summed E-state index contributed by atoms with van der Waals surface area (Å²) in [6.07, 6.45) is 1.19. The number of carbonyl (C=O) groups is 2. The minimum Gasteiger partial charge on any atom is -0.497 e. The van der Waals surface area contributed by atoms with E-state index in [-0.39, 0.29) is 24.3 Å². The summed E-state index contributed by atoms with van der Waals surface area (Å²) in [5.74, 6) is -0.484. The zero-order valence-corrected chi connectivity index (χ0v) is 20.2. The molecule has 2 aromatic carbocycles. The molecule has 2 aromatic rings. The highest BCUT2D eigenvalue weighted by Gasteiger charge is 2.31. The molecular formula is C22H28N4O7S. The topological polar surface area (TPSA) is 139 Å². The number of ether oxygens (including phenoxy) is 1. The molecule has 11 nitrogen and oxygen atoms in total. The number of non-ortho nitro benzene ring substituents is 1. The average Bonchev–Trinajstić information content (AvgIpc) is 2.81. The highest BCUT2D eigenvalue weighted by atomic mass is 32.2. The molecule has 0 spiro atoms. The molecule has 2 amide bonds. The van der Waals surface area contributed by atoms with Crippen LogP contribution in [0, 0.1) is 10.1 Å². The lowest BCUT2D eigenvalue weighted by Crippen LogP contribution is -2.51. The van der Waals surface area contributed by atoms with E-state index in [9.17, 15) is 28.1 Å². The molecule has 1 N–H and O–H groups in total. The molecule has 0 radical (unpaired) electrons. The van der Waals surface area contributed by atoms with Crippen molar-refractivity contribution in [3.05, 3.63) is 64.2 Å². The number of carbonyl (C=O) groups excluding carboxylic acids is 2. The van der Waals surface area contributed by atoms with Gasteiger partial charge in [-0.25, -0.2) is 8.42 Å². The van der Waals surface area contributed by atoms with Gasteiger partial charge < -0.3 is 15.0 Å². The molecule has 0 aliphatic heterocycles. The Hall–Kier alpha value is -3.67. The number of hydrogen-bond acceptors (Lipinski definition) is 7. The minimum atomic E-state index is -3.99. The third-order valence-corrected chi connectivity index (χ3v) is 6.27. The van der Waals surface area contributed by atoms with Crippen LogP contribution in [-0.4, -0.2) is 63.1 Å². The van der Waals surface area contributed by atoms with Crippen LogP contribution in [0.3, 0.4) is 0 Å². The lowest BCUT2D eigenvalue weighted by molar-refractivity contribution is -0.384. The van der Waals surface area contributed by atoms with Gasteiger partial charge in [0.1, 0.15) is 18.3 Å². The molecule has 0 aromatic heterocycles. The monoisotopic (exact) mass is 492 g/mol. The van der Waals surface area contributed by atoms with E-state index in [1.807, 2.05) is 0 Å². The highest BCUT2D eigenvalue weighted by molar-refractivity contribution is 7.92. The number of hydrogen-bond donors (Lipinski definition) is 1. The SMILES string of the molecule is CC[C@@H](C(=O)NC)N(Cc1cccc(OC)c1)C(=O)CN(c1cccc([N+](=O)[O-])c1)S(C)(=O)=O. The van der Waals surface area contributed by atoms with Crippen LogP contribution in [0.5, 0.6) is 5.75 Å². The Balaban J connectivity index is 2.47. The Kier molecular flexibility index (Phi) is 8.96. The molecule has 0 saturated heterocycles. The molecule has 12 heteroatoms. The predicted molar refractivity (Wildman–Crippen MR) is 127 cm³/mol. The van der Waals surface area contributed by atoms with E-state index < -0.39 is 39.3 Å². The highest BCUT2D eigenvalue weighted by Crippen LogP contribution is 2.24. The van der Waals surface area contributed by atoms with Crippen molar-refractivity contribution in [1.29, 1.82) is 0 Å². The van der Waals surface area contributed by atoms with Gasteiger partial charge in [0.25, 0.3) is 5.69 Å². The quantitative estimate of drug-likeness (QED) is 0.373. The Morgan fingerprint density at radius 1 is 1.18 bits per heavy atom. The molecule has 0 bridgehead atoms. The maximum atomic E-state index is 13.4. The fraction of sp³-hybridized carbons (Fsp3) is 0.364. The largest absolute Gasteiger partial charge is 0.497 e. The summed E-state index contributed by atoms with van der Waals surface area (Å²) >= 11 is 0. The lowest BCUT2D eigenvalue weighted by atomic mass is 10.1. The summed E-state index contributed by atoms with van der Waals surface area (Å²) in [5, 5.41) is 13.7. The van der Waals surface area contributed by atoms with Crippen LogP contribution in [0.1, 0.15) is 18.9 Å². The number of nitrogens with one attached hydrogen (secondary N) is 1. The molecule has 0 aliphatic carbocycles. The first-order valence-electron chi connectivity index (χ1n) is 10.4. The number of sulfonamides is 1. The Labute approximate surface area is 198 Å². The number of rotatable bonds is 11. The number of nitro benzene ring substituents is 1. The van der Waals surface area contributed by atoms with Crippen molar-refractivity contribution in [2.45, 2.75) is 25.9 Å². The molecule has 2 rings (SSSR count). The number of anilines is 1. The first-order valence-corrected chi connectivity index (χ1v) is 12.2. The second-order valence-electron chi connectivity index (χ2n) is 7.46. The van der Waals surface area contributed by atoms with Crippen molar-refractivity contribution >= 4 is 33.2 Å². The lowest BCUT2D eigenvalue weighted by Gasteiger charge is -2.32. The third kappa shape index (κ3) is 6.67. The molecule has 1 atom stereocenters. The van der Waals surface area contributed by atoms with Gasteiger partial charge in [-0.3, -0.25) is 24.0 Å². The smallest absolute Gasteiger partial charge is 0.271 e. The molecule has 0 heterocycles. The van der Waals surface area contributed by atoms with E-state index in [1.165, 1.54) is 37.3 Å². The summed E-state index contributed by atoms with van der Waals surface area (Å²) in [6.45, 7) is 1.12. The molecule has 34 heavy (non-hydrogen) atoms. The zero-order valence-electron chi connectivity index (χ0n) is 19.4. The summed E-state index contributed by atoms with van der Waals surface area (Å²) in [5.41, 5.74) is 0.333. The number of nitrogens with zero attached hydrogens (tertiary/aromatic N) is 3. The first kappa shape index (κ1) is 26.6. The van der Waals surface area contributed by atoms with Gasteiger partial charge in [0.05, 0.1) is 24.0 Å². The molecule has 0 fully saturated rings. The number of benzene rings is 2. The molecule has 0 aliphatic rings. The second-order valence-corrected chi connectivity index (χ2v) is 9.36. The molecule has 0 saturated carbocycles. The van der Waals surface area contributed by atoms with Crippen LogP contribution in [0.2, 0.25) is 0 Å². The number of likely N-dealkylation sites (N-methyl/N-ethyl adjacent to an activating group) is 1. The number of methoxy groups -OCH3 is 1. The first-order chi connectivity index (χ1) is 16.0. The minimum absolute atomic E-state index is 0.0223. The van der Waals surface area contributed by atoms with Crippen LogP contribution in [-0.2, 0) is 26.2 Å². The maximum absolute atomic E-state index is 13.4. The van der Waals surface area contributed by atoms with Crippen molar-refractivity contribution in [2.24, 2.45) is 0 Å². The molecular weight excluding hydrogens is 464 g/mol. The van der Waals surface area contributed by atoms with Crippen LogP contribution in [0.4, 0.5) is 11.4 Å². The van der Waals surface area contributed by atoms with Crippen LogP contribution < -0.4 is 14.4 Å². The van der Waals surface area contributed by atoms with Gasteiger partial charge in [0, 0.05) is 25.7 Å². The standard InChI is InChI=1S/C22H28N4O7S/c1-5-20(22(28)23-2)24(14-16-8-6-11-19(12-16)33-3)21(27)15-25(34(4,31)32)17-9-7-10-18(13-17)26(29)30/h6-13,20H,5,14-15H2,1-4H3,(H,23,28)/t20-/m0/s1.